The van der Waals surface area contributed by atoms with Gasteiger partial charge in [-0.1, -0.05) is 46.8 Å². The summed E-state index contributed by atoms with van der Waals surface area (Å²) in [4.78, 5) is 27.9. The van der Waals surface area contributed by atoms with Gasteiger partial charge in [0, 0.05) is 17.7 Å². The van der Waals surface area contributed by atoms with Gasteiger partial charge in [-0.15, -0.1) is 0 Å². The zero-order valence-corrected chi connectivity index (χ0v) is 25.1. The topological polar surface area (TPSA) is 122 Å². The highest BCUT2D eigenvalue weighted by Gasteiger charge is 2.64. The van der Waals surface area contributed by atoms with E-state index in [1.807, 2.05) is 20.8 Å². The summed E-state index contributed by atoms with van der Waals surface area (Å²) in [6, 6.07) is 5.57. The van der Waals surface area contributed by atoms with Gasteiger partial charge >= 0.3 is 0 Å². The maximum absolute atomic E-state index is 15.3. The van der Waals surface area contributed by atoms with Gasteiger partial charge in [0.05, 0.1) is 24.0 Å². The maximum atomic E-state index is 15.3. The van der Waals surface area contributed by atoms with Crippen LogP contribution in [0.2, 0.25) is 0 Å². The predicted octanol–water partition coefficient (Wildman–Crippen LogP) is 3.68. The molecule has 2 aromatic carbocycles. The first-order valence-corrected chi connectivity index (χ1v) is 13.9. The fraction of sp³-hybridized carbons (Fsp3) is 0.548. The number of benzene rings is 2. The van der Waals surface area contributed by atoms with Gasteiger partial charge in [0.15, 0.2) is 6.10 Å². The molecule has 11 heteroatoms. The standard InChI is InChI=1S/C31H42F3N3O5/c1-17-11-21(18(2)23(38)12-17)26(40)36-22(14-19-9-8-10-20(32)13-19)24(39)28(42)37-16-31(33,34)30(6,7)25(37)27(41)35-15-29(3,4)5/h8-13,22,24-25,27,35,38-39,41H,14-16H2,1-7H3,(H,36,40)/t22-,24-,25+,27?/m0/s1. The predicted molar refractivity (Wildman–Crippen MR) is 153 cm³/mol. The number of phenolic OH excluding ortho intramolecular Hbond substituents is 1. The molecule has 0 aliphatic carbocycles. The third-order valence-corrected chi connectivity index (χ3v) is 7.88. The van der Waals surface area contributed by atoms with Crippen molar-refractivity contribution < 1.29 is 38.1 Å². The van der Waals surface area contributed by atoms with Crippen molar-refractivity contribution in [3.05, 3.63) is 64.5 Å². The molecular formula is C31H42F3N3O5. The summed E-state index contributed by atoms with van der Waals surface area (Å²) in [5.41, 5.74) is -0.899. The molecule has 0 aromatic heterocycles. The monoisotopic (exact) mass is 593 g/mol. The van der Waals surface area contributed by atoms with Crippen molar-refractivity contribution in [3.63, 3.8) is 0 Å². The fourth-order valence-corrected chi connectivity index (χ4v) is 5.25. The number of halogens is 3. The number of alkyl halides is 2. The van der Waals surface area contributed by atoms with Crippen LogP contribution in [0.4, 0.5) is 13.2 Å². The number of carbonyl (C=O) groups excluding carboxylic acids is 2. The second-order valence-electron chi connectivity index (χ2n) is 13.0. The Morgan fingerprint density at radius 2 is 1.76 bits per heavy atom. The molecule has 5 N–H and O–H groups in total. The van der Waals surface area contributed by atoms with Crippen LogP contribution in [-0.2, 0) is 11.2 Å². The highest BCUT2D eigenvalue weighted by Crippen LogP contribution is 2.49. The van der Waals surface area contributed by atoms with Crippen LogP contribution in [0.5, 0.6) is 5.75 Å². The highest BCUT2D eigenvalue weighted by molar-refractivity contribution is 5.97. The SMILES string of the molecule is Cc1cc(O)c(C)c(C(=O)N[C@@H](Cc2cccc(F)c2)[C@H](O)C(=O)N2CC(F)(F)C(C)(C)[C@H]2C(O)NCC(C)(C)C)c1. The van der Waals surface area contributed by atoms with Crippen LogP contribution in [0.3, 0.4) is 0 Å². The minimum absolute atomic E-state index is 0.0879. The first kappa shape index (κ1) is 33.4. The van der Waals surface area contributed by atoms with Crippen molar-refractivity contribution >= 4 is 11.8 Å². The number of phenols is 1. The number of carbonyl (C=O) groups is 2. The second-order valence-corrected chi connectivity index (χ2v) is 13.0. The van der Waals surface area contributed by atoms with Crippen molar-refractivity contribution in [3.8, 4) is 5.75 Å². The Balaban J connectivity index is 1.97. The Bertz CT molecular complexity index is 1310. The number of aliphatic hydroxyl groups excluding tert-OH is 2. The van der Waals surface area contributed by atoms with Crippen LogP contribution in [0.15, 0.2) is 36.4 Å². The van der Waals surface area contributed by atoms with Gasteiger partial charge < -0.3 is 25.5 Å². The molecule has 1 saturated heterocycles. The van der Waals surface area contributed by atoms with E-state index in [-0.39, 0.29) is 35.3 Å². The van der Waals surface area contributed by atoms with Crippen molar-refractivity contribution in [2.24, 2.45) is 10.8 Å². The average Bonchev–Trinajstić information content (AvgIpc) is 3.06. The third kappa shape index (κ3) is 7.25. The lowest BCUT2D eigenvalue weighted by Gasteiger charge is -2.39. The molecule has 0 saturated carbocycles. The number of aliphatic hydroxyl groups is 2. The summed E-state index contributed by atoms with van der Waals surface area (Å²) in [5, 5.41) is 38.0. The number of aromatic hydroxyl groups is 1. The van der Waals surface area contributed by atoms with Gasteiger partial charge in [-0.3, -0.25) is 14.9 Å². The van der Waals surface area contributed by atoms with E-state index in [2.05, 4.69) is 10.6 Å². The van der Waals surface area contributed by atoms with Crippen LogP contribution in [0, 0.1) is 30.5 Å². The zero-order valence-electron chi connectivity index (χ0n) is 25.1. The Kier molecular flexibility index (Phi) is 9.71. The molecule has 3 rings (SSSR count). The summed E-state index contributed by atoms with van der Waals surface area (Å²) < 4.78 is 44.5. The number of rotatable bonds is 9. The lowest BCUT2D eigenvalue weighted by Crippen LogP contribution is -2.59. The van der Waals surface area contributed by atoms with Gasteiger partial charge in [-0.05, 0) is 61.1 Å². The Hall–Kier alpha value is -3.15. The average molecular weight is 594 g/mol. The summed E-state index contributed by atoms with van der Waals surface area (Å²) in [6.07, 6.45) is -3.79. The zero-order chi connectivity index (χ0) is 31.8. The van der Waals surface area contributed by atoms with Gasteiger partial charge in [-0.2, -0.15) is 0 Å². The second kappa shape index (κ2) is 12.2. The summed E-state index contributed by atoms with van der Waals surface area (Å²) in [6.45, 7) is 10.6. The molecular weight excluding hydrogens is 551 g/mol. The lowest BCUT2D eigenvalue weighted by molar-refractivity contribution is -0.147. The number of hydrogen-bond acceptors (Lipinski definition) is 6. The fourth-order valence-electron chi connectivity index (χ4n) is 5.25. The summed E-state index contributed by atoms with van der Waals surface area (Å²) in [7, 11) is 0. The Labute approximate surface area is 244 Å². The molecule has 1 aliphatic heterocycles. The molecule has 2 aromatic rings. The van der Waals surface area contributed by atoms with Gasteiger partial charge in [0.2, 0.25) is 0 Å². The molecule has 1 fully saturated rings. The van der Waals surface area contributed by atoms with Gasteiger partial charge in [0.25, 0.3) is 17.7 Å². The first-order chi connectivity index (χ1) is 19.2. The Morgan fingerprint density at radius 1 is 1.12 bits per heavy atom. The molecule has 1 unspecified atom stereocenters. The number of hydrogen-bond donors (Lipinski definition) is 5. The van der Waals surface area contributed by atoms with E-state index >= 15 is 8.78 Å². The minimum Gasteiger partial charge on any atom is -0.508 e. The minimum atomic E-state index is -3.41. The van der Waals surface area contributed by atoms with Gasteiger partial charge in [-0.25, -0.2) is 13.2 Å². The maximum Gasteiger partial charge on any atom is 0.272 e. The smallest absolute Gasteiger partial charge is 0.272 e. The van der Waals surface area contributed by atoms with Crippen LogP contribution in [0.25, 0.3) is 0 Å². The van der Waals surface area contributed by atoms with E-state index < -0.39 is 59.9 Å². The summed E-state index contributed by atoms with van der Waals surface area (Å²) in [5.74, 6) is -5.95. The van der Waals surface area contributed by atoms with Crippen molar-refractivity contribution in [2.75, 3.05) is 13.1 Å². The molecule has 42 heavy (non-hydrogen) atoms. The van der Waals surface area contributed by atoms with E-state index in [0.29, 0.717) is 11.1 Å². The van der Waals surface area contributed by atoms with E-state index in [1.165, 1.54) is 51.1 Å². The number of aryl methyl sites for hydroxylation is 1. The number of nitrogens with one attached hydrogen (secondary N) is 2. The van der Waals surface area contributed by atoms with Crippen LogP contribution >= 0.6 is 0 Å². The molecule has 4 atom stereocenters. The van der Waals surface area contributed by atoms with Crippen LogP contribution < -0.4 is 10.6 Å². The number of likely N-dealkylation sites (tertiary alicyclic amines) is 1. The van der Waals surface area contributed by atoms with Crippen molar-refractivity contribution in [1.82, 2.24) is 15.5 Å². The highest BCUT2D eigenvalue weighted by atomic mass is 19.3. The van der Waals surface area contributed by atoms with Crippen LogP contribution in [0.1, 0.15) is 61.7 Å². The molecule has 0 bridgehead atoms. The first-order valence-electron chi connectivity index (χ1n) is 13.9. The molecule has 8 nitrogen and oxygen atoms in total. The molecule has 232 valence electrons. The third-order valence-electron chi connectivity index (χ3n) is 7.88. The Morgan fingerprint density at radius 3 is 2.36 bits per heavy atom. The molecule has 0 spiro atoms. The lowest BCUT2D eigenvalue weighted by atomic mass is 9.80. The number of amides is 2. The van der Waals surface area contributed by atoms with E-state index in [0.717, 1.165) is 4.90 Å². The molecule has 2 amide bonds. The van der Waals surface area contributed by atoms with E-state index in [9.17, 15) is 29.3 Å². The van der Waals surface area contributed by atoms with Gasteiger partial charge in [0.1, 0.15) is 17.8 Å². The molecule has 1 heterocycles. The molecule has 0 radical (unpaired) electrons. The largest absolute Gasteiger partial charge is 0.508 e. The molecule has 1 aliphatic rings. The summed E-state index contributed by atoms with van der Waals surface area (Å²) >= 11 is 0. The normalized spacial score (nSPS) is 20.2. The van der Waals surface area contributed by atoms with E-state index in [4.69, 9.17) is 0 Å². The van der Waals surface area contributed by atoms with E-state index in [1.54, 1.807) is 13.0 Å². The van der Waals surface area contributed by atoms with Crippen molar-refractivity contribution in [1.29, 1.82) is 0 Å². The number of nitrogens with zero attached hydrogens (tertiary/aromatic N) is 1. The van der Waals surface area contributed by atoms with Crippen molar-refractivity contribution in [2.45, 2.75) is 85.2 Å². The van der Waals surface area contributed by atoms with Crippen LogP contribution in [-0.4, -0.2) is 75.5 Å². The quantitative estimate of drug-likeness (QED) is 0.283.